The molecule has 0 bridgehead atoms. The summed E-state index contributed by atoms with van der Waals surface area (Å²) in [5.74, 6) is 6.88. The van der Waals surface area contributed by atoms with Gasteiger partial charge in [-0.3, -0.25) is 4.79 Å². The Morgan fingerprint density at radius 3 is 2.00 bits per heavy atom. The number of carbonyl (C=O) groups is 1. The summed E-state index contributed by atoms with van der Waals surface area (Å²) in [6.07, 6.45) is 0. The molecule has 0 unspecified atom stereocenters. The SMILES string of the molecule is Cc1ccc(-c2nnc(S[C@H](C)C(=O)N(Cc3ccccc3)Cc3ccccc3)n2N)cc1. The van der Waals surface area contributed by atoms with Gasteiger partial charge in [-0.15, -0.1) is 10.2 Å². The molecule has 4 aromatic rings. The number of hydrogen-bond donors (Lipinski definition) is 1. The van der Waals surface area contributed by atoms with Crippen LogP contribution in [0.1, 0.15) is 23.6 Å². The molecule has 0 aliphatic carbocycles. The lowest BCUT2D eigenvalue weighted by Crippen LogP contribution is -2.36. The molecule has 0 aliphatic heterocycles. The molecule has 4 rings (SSSR count). The summed E-state index contributed by atoms with van der Waals surface area (Å²) in [4.78, 5) is 15.4. The molecule has 168 valence electrons. The van der Waals surface area contributed by atoms with Crippen molar-refractivity contribution in [2.75, 3.05) is 5.84 Å². The van der Waals surface area contributed by atoms with Crippen LogP contribution in [0.4, 0.5) is 0 Å². The van der Waals surface area contributed by atoms with Crippen LogP contribution < -0.4 is 5.84 Å². The maximum Gasteiger partial charge on any atom is 0.236 e. The van der Waals surface area contributed by atoms with E-state index in [-0.39, 0.29) is 11.2 Å². The van der Waals surface area contributed by atoms with Crippen LogP contribution in [0.5, 0.6) is 0 Å². The molecule has 1 amide bonds. The second kappa shape index (κ2) is 10.4. The van der Waals surface area contributed by atoms with Crippen molar-refractivity contribution in [1.82, 2.24) is 19.8 Å². The van der Waals surface area contributed by atoms with Gasteiger partial charge in [0.05, 0.1) is 5.25 Å². The van der Waals surface area contributed by atoms with Gasteiger partial charge in [0.25, 0.3) is 0 Å². The lowest BCUT2D eigenvalue weighted by atomic mass is 10.1. The minimum Gasteiger partial charge on any atom is -0.335 e. The number of aryl methyl sites for hydroxylation is 1. The van der Waals surface area contributed by atoms with Crippen LogP contribution in [-0.4, -0.2) is 30.9 Å². The van der Waals surface area contributed by atoms with E-state index in [0.29, 0.717) is 24.1 Å². The lowest BCUT2D eigenvalue weighted by molar-refractivity contribution is -0.131. The molecule has 6 nitrogen and oxygen atoms in total. The van der Waals surface area contributed by atoms with Gasteiger partial charge in [-0.2, -0.15) is 0 Å². The van der Waals surface area contributed by atoms with Gasteiger partial charge >= 0.3 is 0 Å². The van der Waals surface area contributed by atoms with Crippen molar-refractivity contribution >= 4 is 17.7 Å². The first-order valence-corrected chi connectivity index (χ1v) is 11.7. The third-order valence-electron chi connectivity index (χ3n) is 5.35. The first kappa shape index (κ1) is 22.6. The fraction of sp³-hybridized carbons (Fsp3) is 0.192. The molecule has 2 N–H and O–H groups in total. The number of nitrogens with two attached hydrogens (primary N) is 1. The Hall–Kier alpha value is -3.58. The molecule has 0 saturated heterocycles. The van der Waals surface area contributed by atoms with Crippen LogP contribution in [0.3, 0.4) is 0 Å². The van der Waals surface area contributed by atoms with Crippen LogP contribution in [0.2, 0.25) is 0 Å². The minimum absolute atomic E-state index is 0.0209. The molecular weight excluding hydrogens is 430 g/mol. The molecule has 3 aromatic carbocycles. The molecule has 1 aromatic heterocycles. The molecule has 33 heavy (non-hydrogen) atoms. The fourth-order valence-electron chi connectivity index (χ4n) is 3.54. The first-order chi connectivity index (χ1) is 16.0. The smallest absolute Gasteiger partial charge is 0.236 e. The van der Waals surface area contributed by atoms with Crippen molar-refractivity contribution < 1.29 is 4.79 Å². The Morgan fingerprint density at radius 2 is 1.45 bits per heavy atom. The van der Waals surface area contributed by atoms with Crippen LogP contribution >= 0.6 is 11.8 Å². The van der Waals surface area contributed by atoms with E-state index in [1.54, 1.807) is 0 Å². The van der Waals surface area contributed by atoms with E-state index >= 15 is 0 Å². The highest BCUT2D eigenvalue weighted by atomic mass is 32.2. The second-order valence-electron chi connectivity index (χ2n) is 7.97. The summed E-state index contributed by atoms with van der Waals surface area (Å²) >= 11 is 1.32. The van der Waals surface area contributed by atoms with E-state index in [1.807, 2.05) is 104 Å². The van der Waals surface area contributed by atoms with E-state index in [2.05, 4.69) is 10.2 Å². The highest BCUT2D eigenvalue weighted by Crippen LogP contribution is 2.27. The zero-order valence-electron chi connectivity index (χ0n) is 18.8. The monoisotopic (exact) mass is 457 g/mol. The average Bonchev–Trinajstić information content (AvgIpc) is 3.20. The molecule has 0 radical (unpaired) electrons. The number of nitrogens with zero attached hydrogens (tertiary/aromatic N) is 4. The number of aromatic nitrogens is 3. The number of rotatable bonds is 8. The zero-order valence-corrected chi connectivity index (χ0v) is 19.6. The number of benzene rings is 3. The number of nitrogen functional groups attached to an aromatic ring is 1. The predicted octanol–water partition coefficient (Wildman–Crippen LogP) is 4.68. The highest BCUT2D eigenvalue weighted by molar-refractivity contribution is 8.00. The molecule has 0 spiro atoms. The lowest BCUT2D eigenvalue weighted by Gasteiger charge is -2.26. The van der Waals surface area contributed by atoms with E-state index in [4.69, 9.17) is 5.84 Å². The Balaban J connectivity index is 1.52. The third-order valence-corrected chi connectivity index (χ3v) is 6.39. The highest BCUT2D eigenvalue weighted by Gasteiger charge is 2.25. The Labute approximate surface area is 198 Å². The van der Waals surface area contributed by atoms with Gasteiger partial charge in [0.15, 0.2) is 5.82 Å². The molecule has 1 heterocycles. The average molecular weight is 458 g/mol. The number of hydrogen-bond acceptors (Lipinski definition) is 5. The van der Waals surface area contributed by atoms with E-state index in [1.165, 1.54) is 16.4 Å². The van der Waals surface area contributed by atoms with Gasteiger partial charge in [-0.05, 0) is 25.0 Å². The largest absolute Gasteiger partial charge is 0.335 e. The van der Waals surface area contributed by atoms with Crippen molar-refractivity contribution in [3.63, 3.8) is 0 Å². The van der Waals surface area contributed by atoms with Crippen molar-refractivity contribution in [3.8, 4) is 11.4 Å². The van der Waals surface area contributed by atoms with Gasteiger partial charge in [0.2, 0.25) is 11.1 Å². The number of thioether (sulfide) groups is 1. The number of carbonyl (C=O) groups excluding carboxylic acids is 1. The molecule has 1 atom stereocenters. The van der Waals surface area contributed by atoms with Crippen molar-refractivity contribution in [1.29, 1.82) is 0 Å². The zero-order chi connectivity index (χ0) is 23.2. The molecule has 0 saturated carbocycles. The van der Waals surface area contributed by atoms with Crippen LogP contribution in [-0.2, 0) is 17.9 Å². The maximum absolute atomic E-state index is 13.5. The summed E-state index contributed by atoms with van der Waals surface area (Å²) in [5.41, 5.74) is 4.22. The topological polar surface area (TPSA) is 77.0 Å². The molecule has 0 fully saturated rings. The minimum atomic E-state index is -0.380. The van der Waals surface area contributed by atoms with E-state index in [0.717, 1.165) is 22.3 Å². The summed E-state index contributed by atoms with van der Waals surface area (Å²) in [6.45, 7) is 4.98. The van der Waals surface area contributed by atoms with Crippen LogP contribution in [0.25, 0.3) is 11.4 Å². The van der Waals surface area contributed by atoms with Crippen molar-refractivity contribution in [3.05, 3.63) is 102 Å². The number of amides is 1. The Bertz CT molecular complexity index is 1150. The quantitative estimate of drug-likeness (QED) is 0.307. The van der Waals surface area contributed by atoms with Crippen molar-refractivity contribution in [2.45, 2.75) is 37.3 Å². The predicted molar refractivity (Wildman–Crippen MR) is 133 cm³/mol. The van der Waals surface area contributed by atoms with Gasteiger partial charge in [-0.1, -0.05) is 102 Å². The van der Waals surface area contributed by atoms with Crippen LogP contribution in [0, 0.1) is 6.92 Å². The summed E-state index contributed by atoms with van der Waals surface area (Å²) < 4.78 is 1.46. The fourth-order valence-corrected chi connectivity index (χ4v) is 4.40. The first-order valence-electron chi connectivity index (χ1n) is 10.8. The van der Waals surface area contributed by atoms with Gasteiger partial charge in [0.1, 0.15) is 0 Å². The standard InChI is InChI=1S/C26H27N5OS/c1-19-13-15-23(16-14-19)24-28-29-26(31(24)27)33-20(2)25(32)30(17-21-9-5-3-6-10-21)18-22-11-7-4-8-12-22/h3-16,20H,17-18,27H2,1-2H3/t20-/m1/s1. The van der Waals surface area contributed by atoms with Gasteiger partial charge < -0.3 is 10.7 Å². The van der Waals surface area contributed by atoms with Crippen LogP contribution in [0.15, 0.2) is 90.1 Å². The summed E-state index contributed by atoms with van der Waals surface area (Å²) in [7, 11) is 0. The molecule has 0 aliphatic rings. The van der Waals surface area contributed by atoms with E-state index < -0.39 is 0 Å². The molecule has 7 heteroatoms. The van der Waals surface area contributed by atoms with Gasteiger partial charge in [0, 0.05) is 18.7 Å². The normalized spacial score (nSPS) is 11.8. The van der Waals surface area contributed by atoms with Crippen molar-refractivity contribution in [2.24, 2.45) is 0 Å². The third kappa shape index (κ3) is 5.62. The summed E-state index contributed by atoms with van der Waals surface area (Å²) in [5, 5.41) is 8.62. The molecular formula is C26H27N5OS. The van der Waals surface area contributed by atoms with E-state index in [9.17, 15) is 4.79 Å². The summed E-state index contributed by atoms with van der Waals surface area (Å²) in [6, 6.07) is 28.0. The maximum atomic E-state index is 13.5. The second-order valence-corrected chi connectivity index (χ2v) is 9.28. The Morgan fingerprint density at radius 1 is 0.909 bits per heavy atom. The van der Waals surface area contributed by atoms with Gasteiger partial charge in [-0.25, -0.2) is 4.68 Å². The Kier molecular flexibility index (Phi) is 7.10.